The fourth-order valence-electron chi connectivity index (χ4n) is 1.54. The Morgan fingerprint density at radius 3 is 2.04 bits per heavy atom. The smallest absolute Gasteiger partial charge is 0.416 e. The van der Waals surface area contributed by atoms with E-state index in [1.165, 1.54) is 6.92 Å². The summed E-state index contributed by atoms with van der Waals surface area (Å²) in [5, 5.41) is 4.75. The van der Waals surface area contributed by atoms with E-state index in [1.54, 1.807) is 20.8 Å². The molecule has 0 heterocycles. The average Bonchev–Trinajstić information content (AvgIpc) is 2.35. The van der Waals surface area contributed by atoms with Gasteiger partial charge in [-0.05, 0) is 52.0 Å². The monoisotopic (exact) mass is 332 g/mol. The molecule has 0 radical (unpaired) electrons. The number of anilines is 1. The minimum atomic E-state index is -4.44. The average molecular weight is 332 g/mol. The molecule has 8 heteroatoms. The van der Waals surface area contributed by atoms with Crippen molar-refractivity contribution in [3.8, 4) is 0 Å². The van der Waals surface area contributed by atoms with Gasteiger partial charge in [0.15, 0.2) is 0 Å². The molecule has 23 heavy (non-hydrogen) atoms. The van der Waals surface area contributed by atoms with E-state index < -0.39 is 35.4 Å². The number of carbonyl (C=O) groups excluding carboxylic acids is 2. The molecule has 0 saturated heterocycles. The quantitative estimate of drug-likeness (QED) is 0.889. The molecule has 1 rings (SSSR count). The van der Waals surface area contributed by atoms with Crippen LogP contribution in [0.15, 0.2) is 24.3 Å². The summed E-state index contributed by atoms with van der Waals surface area (Å²) in [6.45, 7) is 6.47. The van der Waals surface area contributed by atoms with Gasteiger partial charge in [-0.25, -0.2) is 4.79 Å². The Morgan fingerprint density at radius 2 is 1.61 bits per heavy atom. The van der Waals surface area contributed by atoms with E-state index in [1.807, 2.05) is 0 Å². The number of halogens is 3. The van der Waals surface area contributed by atoms with E-state index in [0.29, 0.717) is 0 Å². The van der Waals surface area contributed by atoms with Crippen molar-refractivity contribution in [1.82, 2.24) is 5.32 Å². The highest BCUT2D eigenvalue weighted by molar-refractivity contribution is 5.96. The first kappa shape index (κ1) is 18.8. The third-order valence-electron chi connectivity index (χ3n) is 2.61. The lowest BCUT2D eigenvalue weighted by atomic mass is 10.2. The van der Waals surface area contributed by atoms with Crippen LogP contribution in [0.2, 0.25) is 0 Å². The van der Waals surface area contributed by atoms with Crippen LogP contribution in [0.25, 0.3) is 0 Å². The van der Waals surface area contributed by atoms with Gasteiger partial charge in [-0.2, -0.15) is 13.2 Å². The molecule has 0 saturated carbocycles. The van der Waals surface area contributed by atoms with Gasteiger partial charge in [0.1, 0.15) is 11.6 Å². The van der Waals surface area contributed by atoms with Crippen molar-refractivity contribution in [2.75, 3.05) is 5.32 Å². The van der Waals surface area contributed by atoms with Crippen LogP contribution in [0, 0.1) is 0 Å². The van der Waals surface area contributed by atoms with Gasteiger partial charge in [0, 0.05) is 5.69 Å². The van der Waals surface area contributed by atoms with Crippen molar-refractivity contribution in [3.05, 3.63) is 29.8 Å². The molecular weight excluding hydrogens is 313 g/mol. The van der Waals surface area contributed by atoms with E-state index >= 15 is 0 Å². The van der Waals surface area contributed by atoms with Gasteiger partial charge in [-0.15, -0.1) is 0 Å². The number of hydrogen-bond acceptors (Lipinski definition) is 3. The van der Waals surface area contributed by atoms with E-state index in [2.05, 4.69) is 10.6 Å². The molecule has 0 aromatic heterocycles. The number of rotatable bonds is 3. The standard InChI is InChI=1S/C15H19F3N2O3/c1-9(19-13(22)23-14(2,3)4)12(21)20-11-7-5-10(6-8-11)15(16,17)18/h5-9H,1-4H3,(H,19,22)(H,20,21). The van der Waals surface area contributed by atoms with Gasteiger partial charge in [-0.3, -0.25) is 4.79 Å². The number of amides is 2. The lowest BCUT2D eigenvalue weighted by Gasteiger charge is -2.21. The van der Waals surface area contributed by atoms with Gasteiger partial charge in [0.25, 0.3) is 0 Å². The van der Waals surface area contributed by atoms with Gasteiger partial charge in [0.2, 0.25) is 5.91 Å². The maximum Gasteiger partial charge on any atom is 0.416 e. The van der Waals surface area contributed by atoms with Crippen LogP contribution in [0.5, 0.6) is 0 Å². The number of ether oxygens (including phenoxy) is 1. The second-order valence-corrected chi connectivity index (χ2v) is 5.93. The first-order valence-corrected chi connectivity index (χ1v) is 6.86. The first-order chi connectivity index (χ1) is 10.4. The van der Waals surface area contributed by atoms with Crippen molar-refractivity contribution in [2.45, 2.75) is 45.5 Å². The normalized spacial score (nSPS) is 13.2. The molecule has 1 atom stereocenters. The summed E-state index contributed by atoms with van der Waals surface area (Å²) in [5.41, 5.74) is -1.32. The third kappa shape index (κ3) is 6.58. The highest BCUT2D eigenvalue weighted by Crippen LogP contribution is 2.29. The Balaban J connectivity index is 2.60. The van der Waals surface area contributed by atoms with Crippen molar-refractivity contribution in [3.63, 3.8) is 0 Å². The molecule has 0 spiro atoms. The number of carbonyl (C=O) groups is 2. The zero-order chi connectivity index (χ0) is 17.8. The molecule has 2 N–H and O–H groups in total. The maximum absolute atomic E-state index is 12.4. The summed E-state index contributed by atoms with van der Waals surface area (Å²) in [7, 11) is 0. The van der Waals surface area contributed by atoms with Crippen LogP contribution in [0.4, 0.5) is 23.7 Å². The summed E-state index contributed by atoms with van der Waals surface area (Å²) >= 11 is 0. The molecule has 2 amide bonds. The SMILES string of the molecule is CC(NC(=O)OC(C)(C)C)C(=O)Nc1ccc(C(F)(F)F)cc1. The minimum Gasteiger partial charge on any atom is -0.444 e. The number of nitrogens with one attached hydrogen (secondary N) is 2. The fraction of sp³-hybridized carbons (Fsp3) is 0.467. The summed E-state index contributed by atoms with van der Waals surface area (Å²) in [6.07, 6.45) is -5.19. The predicted octanol–water partition coefficient (Wildman–Crippen LogP) is 3.56. The summed E-state index contributed by atoms with van der Waals surface area (Å²) in [5.74, 6) is -0.574. The zero-order valence-corrected chi connectivity index (χ0v) is 13.2. The molecule has 0 aliphatic carbocycles. The van der Waals surface area contributed by atoms with Crippen LogP contribution in [-0.4, -0.2) is 23.6 Å². The molecule has 5 nitrogen and oxygen atoms in total. The molecule has 128 valence electrons. The predicted molar refractivity (Wildman–Crippen MR) is 78.9 cm³/mol. The maximum atomic E-state index is 12.4. The van der Waals surface area contributed by atoms with E-state index in [0.717, 1.165) is 24.3 Å². The lowest BCUT2D eigenvalue weighted by Crippen LogP contribution is -2.43. The molecule has 1 unspecified atom stereocenters. The Kier molecular flexibility index (Phi) is 5.63. The molecule has 1 aromatic rings. The Bertz CT molecular complexity index is 563. The summed E-state index contributed by atoms with van der Waals surface area (Å²) in [4.78, 5) is 23.4. The van der Waals surface area contributed by atoms with E-state index in [9.17, 15) is 22.8 Å². The van der Waals surface area contributed by atoms with Crippen molar-refractivity contribution >= 4 is 17.7 Å². The van der Waals surface area contributed by atoms with Crippen molar-refractivity contribution in [2.24, 2.45) is 0 Å². The number of alkyl halides is 3. The number of benzene rings is 1. The Hall–Kier alpha value is -2.25. The second-order valence-electron chi connectivity index (χ2n) is 5.93. The van der Waals surface area contributed by atoms with Crippen molar-refractivity contribution in [1.29, 1.82) is 0 Å². The lowest BCUT2D eigenvalue weighted by molar-refractivity contribution is -0.137. The molecule has 1 aromatic carbocycles. The number of hydrogen-bond donors (Lipinski definition) is 2. The van der Waals surface area contributed by atoms with Crippen LogP contribution < -0.4 is 10.6 Å². The van der Waals surface area contributed by atoms with Gasteiger partial charge in [-0.1, -0.05) is 0 Å². The Labute approximate surface area is 132 Å². The topological polar surface area (TPSA) is 67.4 Å². The molecule has 0 fully saturated rings. The molecule has 0 aliphatic rings. The van der Waals surface area contributed by atoms with Crippen molar-refractivity contribution < 1.29 is 27.5 Å². The van der Waals surface area contributed by atoms with Gasteiger partial charge < -0.3 is 15.4 Å². The molecular formula is C15H19F3N2O3. The Morgan fingerprint density at radius 1 is 1.09 bits per heavy atom. The number of alkyl carbamates (subject to hydrolysis) is 1. The van der Waals surface area contributed by atoms with Crippen LogP contribution in [0.3, 0.4) is 0 Å². The highest BCUT2D eigenvalue weighted by Gasteiger charge is 2.30. The fourth-order valence-corrected chi connectivity index (χ4v) is 1.54. The second kappa shape index (κ2) is 6.89. The summed E-state index contributed by atoms with van der Waals surface area (Å²) < 4.78 is 42.3. The molecule has 0 aliphatic heterocycles. The summed E-state index contributed by atoms with van der Waals surface area (Å²) in [6, 6.07) is 3.09. The first-order valence-electron chi connectivity index (χ1n) is 6.86. The largest absolute Gasteiger partial charge is 0.444 e. The molecule has 0 bridgehead atoms. The van der Waals surface area contributed by atoms with Crippen LogP contribution >= 0.6 is 0 Å². The van der Waals surface area contributed by atoms with Crippen LogP contribution in [0.1, 0.15) is 33.3 Å². The van der Waals surface area contributed by atoms with Gasteiger partial charge >= 0.3 is 12.3 Å². The third-order valence-corrected chi connectivity index (χ3v) is 2.61. The van der Waals surface area contributed by atoms with Gasteiger partial charge in [0.05, 0.1) is 5.56 Å². The minimum absolute atomic E-state index is 0.195. The van der Waals surface area contributed by atoms with Crippen LogP contribution in [-0.2, 0) is 15.7 Å². The van der Waals surface area contributed by atoms with E-state index in [4.69, 9.17) is 4.74 Å². The zero-order valence-electron chi connectivity index (χ0n) is 13.2. The highest BCUT2D eigenvalue weighted by atomic mass is 19.4. The van der Waals surface area contributed by atoms with E-state index in [-0.39, 0.29) is 5.69 Å².